The molecule has 35 heavy (non-hydrogen) atoms. The summed E-state index contributed by atoms with van der Waals surface area (Å²) < 4.78 is 13.5. The van der Waals surface area contributed by atoms with E-state index >= 15 is 0 Å². The molecule has 0 amide bonds. The topological polar surface area (TPSA) is 52.8 Å². The molecular weight excluding hydrogens is 456 g/mol. The molecule has 0 radical (unpaired) electrons. The monoisotopic (exact) mass is 480 g/mol. The fourth-order valence-corrected chi connectivity index (χ4v) is 6.04. The largest absolute Gasteiger partial charge is 0.497 e. The Morgan fingerprint density at radius 2 is 1.71 bits per heavy atom. The van der Waals surface area contributed by atoms with Crippen LogP contribution in [0, 0.1) is 0 Å². The van der Waals surface area contributed by atoms with Gasteiger partial charge in [0.15, 0.2) is 4.80 Å². The Bertz CT molecular complexity index is 1640. The first kappa shape index (κ1) is 21.6. The van der Waals surface area contributed by atoms with E-state index in [4.69, 9.17) is 14.5 Å². The number of nitrogens with zero attached hydrogens (tertiary/aromatic N) is 2. The first-order valence-electron chi connectivity index (χ1n) is 11.6. The number of allylic oxidation sites excluding steroid dienone is 1. The van der Waals surface area contributed by atoms with Crippen LogP contribution in [0.4, 0.5) is 0 Å². The van der Waals surface area contributed by atoms with Crippen LogP contribution in [0.1, 0.15) is 34.7 Å². The predicted molar refractivity (Wildman–Crippen MR) is 139 cm³/mol. The number of hydrogen-bond acceptors (Lipinski definition) is 5. The number of fused-ring (bicyclic) bond motifs is 3. The molecule has 4 aromatic rings. The molecule has 1 aromatic heterocycles. The molecule has 1 aliphatic heterocycles. The summed E-state index contributed by atoms with van der Waals surface area (Å²) >= 11 is 1.43. The van der Waals surface area contributed by atoms with Crippen molar-refractivity contribution in [2.24, 2.45) is 4.99 Å². The molecule has 2 aliphatic rings. The van der Waals surface area contributed by atoms with Crippen molar-refractivity contribution in [1.29, 1.82) is 0 Å². The average Bonchev–Trinajstić information content (AvgIpc) is 3.22. The minimum absolute atomic E-state index is 0.0362. The van der Waals surface area contributed by atoms with Gasteiger partial charge in [-0.1, -0.05) is 65.9 Å². The van der Waals surface area contributed by atoms with Crippen LogP contribution in [-0.4, -0.2) is 18.8 Å². The molecular formula is C29H24N2O3S. The van der Waals surface area contributed by atoms with Gasteiger partial charge in [-0.25, -0.2) is 4.99 Å². The number of hydrogen-bond donors (Lipinski definition) is 0. The summed E-state index contributed by atoms with van der Waals surface area (Å²) in [5.41, 5.74) is 6.49. The van der Waals surface area contributed by atoms with Crippen LogP contribution >= 0.6 is 11.3 Å². The second-order valence-corrected chi connectivity index (χ2v) is 9.64. The third kappa shape index (κ3) is 3.61. The van der Waals surface area contributed by atoms with E-state index in [1.54, 1.807) is 14.2 Å². The van der Waals surface area contributed by atoms with Crippen molar-refractivity contribution < 1.29 is 9.47 Å². The van der Waals surface area contributed by atoms with E-state index in [9.17, 15) is 4.79 Å². The van der Waals surface area contributed by atoms with E-state index in [1.165, 1.54) is 16.9 Å². The third-order valence-electron chi connectivity index (χ3n) is 6.72. The van der Waals surface area contributed by atoms with E-state index in [1.807, 2.05) is 53.1 Å². The Labute approximate surface area is 206 Å². The third-order valence-corrected chi connectivity index (χ3v) is 7.70. The predicted octanol–water partition coefficient (Wildman–Crippen LogP) is 4.34. The van der Waals surface area contributed by atoms with Gasteiger partial charge < -0.3 is 9.47 Å². The summed E-state index contributed by atoms with van der Waals surface area (Å²) in [6.07, 6.45) is 3.70. The van der Waals surface area contributed by atoms with Crippen LogP contribution in [0.25, 0.3) is 11.8 Å². The van der Waals surface area contributed by atoms with Crippen molar-refractivity contribution in [2.45, 2.75) is 18.9 Å². The zero-order valence-electron chi connectivity index (χ0n) is 19.5. The van der Waals surface area contributed by atoms with Crippen molar-refractivity contribution in [3.8, 4) is 11.5 Å². The number of aryl methyl sites for hydroxylation is 1. The summed E-state index contributed by atoms with van der Waals surface area (Å²) in [6, 6.07) is 23.9. The second-order valence-electron chi connectivity index (χ2n) is 8.63. The highest BCUT2D eigenvalue weighted by Crippen LogP contribution is 2.43. The van der Waals surface area contributed by atoms with E-state index in [-0.39, 0.29) is 11.6 Å². The standard InChI is InChI=1S/C29H24N2O3S/c1-33-20-14-11-18(12-15-20)17-25-28(32)31-27(22-9-5-6-10-24(22)34-2)23-16-13-19-7-3-4-8-21(19)26(23)30-29(31)35-25/h3-12,14-15,17,27H,13,16H2,1-2H3/b25-17-/t27-/m1/s1. The molecule has 0 saturated heterocycles. The SMILES string of the molecule is COc1ccc(/C=c2\sc3n(c2=O)[C@H](c2ccccc2OC)C2=C(N=3)c3ccccc3CC2)cc1. The number of methoxy groups -OCH3 is 2. The lowest BCUT2D eigenvalue weighted by molar-refractivity contribution is 0.402. The number of rotatable bonds is 4. The highest BCUT2D eigenvalue weighted by atomic mass is 32.1. The van der Waals surface area contributed by atoms with E-state index in [2.05, 4.69) is 30.3 Å². The summed E-state index contributed by atoms with van der Waals surface area (Å²) in [5.74, 6) is 1.56. The average molecular weight is 481 g/mol. The summed E-state index contributed by atoms with van der Waals surface area (Å²) in [7, 11) is 3.32. The quantitative estimate of drug-likeness (QED) is 0.437. The minimum Gasteiger partial charge on any atom is -0.497 e. The van der Waals surface area contributed by atoms with Gasteiger partial charge in [0.25, 0.3) is 5.56 Å². The van der Waals surface area contributed by atoms with Gasteiger partial charge >= 0.3 is 0 Å². The molecule has 1 atom stereocenters. The van der Waals surface area contributed by atoms with Gasteiger partial charge in [0.1, 0.15) is 11.5 Å². The number of thiazole rings is 1. The maximum atomic E-state index is 13.8. The lowest BCUT2D eigenvalue weighted by atomic mass is 9.83. The minimum atomic E-state index is -0.260. The van der Waals surface area contributed by atoms with Gasteiger partial charge in [0.2, 0.25) is 0 Å². The lowest BCUT2D eigenvalue weighted by Crippen LogP contribution is -2.38. The molecule has 0 unspecified atom stereocenters. The molecule has 1 aliphatic carbocycles. The molecule has 0 fully saturated rings. The fourth-order valence-electron chi connectivity index (χ4n) is 5.04. The number of ether oxygens (including phenoxy) is 2. The Morgan fingerprint density at radius 1 is 0.943 bits per heavy atom. The maximum Gasteiger partial charge on any atom is 0.271 e. The van der Waals surface area contributed by atoms with E-state index < -0.39 is 0 Å². The molecule has 6 rings (SSSR count). The van der Waals surface area contributed by atoms with Crippen LogP contribution in [0.2, 0.25) is 0 Å². The molecule has 0 bridgehead atoms. The Kier molecular flexibility index (Phi) is 5.38. The molecule has 174 valence electrons. The summed E-state index contributed by atoms with van der Waals surface area (Å²) in [4.78, 5) is 19.6. The van der Waals surface area contributed by atoms with Gasteiger partial charge in [-0.15, -0.1) is 0 Å². The summed E-state index contributed by atoms with van der Waals surface area (Å²) in [5, 5.41) is 0. The Balaban J connectivity index is 1.61. The molecule has 6 heteroatoms. The Hall–Kier alpha value is -3.90. The van der Waals surface area contributed by atoms with E-state index in [0.29, 0.717) is 9.33 Å². The van der Waals surface area contributed by atoms with Crippen LogP contribution in [0.15, 0.2) is 88.2 Å². The van der Waals surface area contributed by atoms with E-state index in [0.717, 1.165) is 52.3 Å². The van der Waals surface area contributed by atoms with Crippen LogP contribution < -0.4 is 24.4 Å². The van der Waals surface area contributed by atoms with Gasteiger partial charge in [0.05, 0.1) is 30.5 Å². The molecule has 0 spiro atoms. The number of aromatic nitrogens is 1. The zero-order valence-corrected chi connectivity index (χ0v) is 20.3. The highest BCUT2D eigenvalue weighted by Gasteiger charge is 2.33. The van der Waals surface area contributed by atoms with Crippen molar-refractivity contribution in [3.63, 3.8) is 0 Å². The smallest absolute Gasteiger partial charge is 0.271 e. The van der Waals surface area contributed by atoms with Gasteiger partial charge in [0, 0.05) is 11.1 Å². The molecule has 5 nitrogen and oxygen atoms in total. The van der Waals surface area contributed by atoms with Gasteiger partial charge in [-0.2, -0.15) is 0 Å². The summed E-state index contributed by atoms with van der Waals surface area (Å²) in [6.45, 7) is 0. The highest BCUT2D eigenvalue weighted by molar-refractivity contribution is 7.07. The zero-order chi connectivity index (χ0) is 23.9. The molecule has 2 heterocycles. The van der Waals surface area contributed by atoms with Crippen LogP contribution in [0.3, 0.4) is 0 Å². The lowest BCUT2D eigenvalue weighted by Gasteiger charge is -2.31. The molecule has 3 aromatic carbocycles. The normalized spacial score (nSPS) is 16.7. The maximum absolute atomic E-state index is 13.8. The second kappa shape index (κ2) is 8.71. The van der Waals surface area contributed by atoms with Crippen molar-refractivity contribution in [2.75, 3.05) is 14.2 Å². The van der Waals surface area contributed by atoms with Crippen molar-refractivity contribution in [1.82, 2.24) is 4.57 Å². The molecule has 0 saturated carbocycles. The Morgan fingerprint density at radius 3 is 2.51 bits per heavy atom. The van der Waals surface area contributed by atoms with Crippen molar-refractivity contribution >= 4 is 23.1 Å². The van der Waals surface area contributed by atoms with Crippen LogP contribution in [-0.2, 0) is 6.42 Å². The van der Waals surface area contributed by atoms with Crippen LogP contribution in [0.5, 0.6) is 11.5 Å². The fraction of sp³-hybridized carbons (Fsp3) is 0.172. The first-order chi connectivity index (χ1) is 17.2. The number of benzene rings is 3. The number of para-hydroxylation sites is 1. The van der Waals surface area contributed by atoms with Gasteiger partial charge in [-0.05, 0) is 53.8 Å². The van der Waals surface area contributed by atoms with Crippen molar-refractivity contribution in [3.05, 3.63) is 120 Å². The first-order valence-corrected chi connectivity index (χ1v) is 12.4. The van der Waals surface area contributed by atoms with Gasteiger partial charge in [-0.3, -0.25) is 9.36 Å². The molecule has 0 N–H and O–H groups in total.